The lowest BCUT2D eigenvalue weighted by atomic mass is 9.82. The van der Waals surface area contributed by atoms with Gasteiger partial charge in [0.1, 0.15) is 5.69 Å². The molecule has 3 rings (SSSR count). The molecule has 0 amide bonds. The van der Waals surface area contributed by atoms with Crippen LogP contribution in [0.4, 0.5) is 5.69 Å². The van der Waals surface area contributed by atoms with Crippen LogP contribution in [-0.4, -0.2) is 23.0 Å². The van der Waals surface area contributed by atoms with E-state index >= 15 is 0 Å². The topological polar surface area (TPSA) is 107 Å². The smallest absolute Gasteiger partial charge is 0.271 e. The van der Waals surface area contributed by atoms with E-state index in [-0.39, 0.29) is 17.3 Å². The van der Waals surface area contributed by atoms with E-state index in [0.29, 0.717) is 17.2 Å². The fourth-order valence-electron chi connectivity index (χ4n) is 3.41. The number of rotatable bonds is 5. The van der Waals surface area contributed by atoms with Gasteiger partial charge in [0.15, 0.2) is 0 Å². The van der Waals surface area contributed by atoms with Gasteiger partial charge in [-0.2, -0.15) is 5.10 Å². The fraction of sp³-hybridized carbons (Fsp3) is 0.316. The number of hydrazone groups is 1. The molecular formula is C19H23N5O. The van der Waals surface area contributed by atoms with Crippen molar-refractivity contribution in [1.82, 2.24) is 4.98 Å². The summed E-state index contributed by atoms with van der Waals surface area (Å²) < 4.78 is 0. The monoisotopic (exact) mass is 337 g/mol. The van der Waals surface area contributed by atoms with Crippen molar-refractivity contribution in [3.05, 3.63) is 64.1 Å². The van der Waals surface area contributed by atoms with Crippen molar-refractivity contribution >= 4 is 17.6 Å². The van der Waals surface area contributed by atoms with E-state index in [1.54, 1.807) is 6.07 Å². The SMILES string of the molecule is N=C(/C=N\N)c1c[nH]c(=O)c(N[C@H]2CC[C@@H](c3ccccc3)CC2)c1. The van der Waals surface area contributed by atoms with Crippen molar-refractivity contribution in [2.45, 2.75) is 37.6 Å². The largest absolute Gasteiger partial charge is 0.378 e. The second-order valence-corrected chi connectivity index (χ2v) is 6.43. The number of nitrogens with zero attached hydrogens (tertiary/aromatic N) is 1. The van der Waals surface area contributed by atoms with Crippen LogP contribution in [0.3, 0.4) is 0 Å². The van der Waals surface area contributed by atoms with Crippen LogP contribution in [0.1, 0.15) is 42.7 Å². The Kier molecular flexibility index (Phi) is 5.28. The van der Waals surface area contributed by atoms with E-state index in [1.807, 2.05) is 6.07 Å². The molecule has 0 aliphatic heterocycles. The van der Waals surface area contributed by atoms with Gasteiger partial charge >= 0.3 is 0 Å². The lowest BCUT2D eigenvalue weighted by molar-refractivity contribution is 0.412. The summed E-state index contributed by atoms with van der Waals surface area (Å²) in [5.74, 6) is 5.68. The standard InChI is InChI=1S/C19H23N5O/c20-17(12-23-21)15-10-18(19(25)22-11-15)24-16-8-6-14(7-9-16)13-4-2-1-3-5-13/h1-5,10-12,14,16,20,24H,6-9,21H2,(H,22,25)/b20-17?,23-12-/t14-,16+. The molecule has 1 heterocycles. The van der Waals surface area contributed by atoms with Crippen molar-refractivity contribution in [3.8, 4) is 0 Å². The molecule has 0 saturated heterocycles. The van der Waals surface area contributed by atoms with Gasteiger partial charge in [0.2, 0.25) is 0 Å². The van der Waals surface area contributed by atoms with Crippen LogP contribution in [0, 0.1) is 5.41 Å². The minimum atomic E-state index is -0.175. The normalized spacial score (nSPS) is 20.5. The Hall–Kier alpha value is -2.89. The number of aromatic amines is 1. The van der Waals surface area contributed by atoms with Gasteiger partial charge in [-0.25, -0.2) is 0 Å². The summed E-state index contributed by atoms with van der Waals surface area (Å²) in [5, 5.41) is 14.6. The van der Waals surface area contributed by atoms with Crippen LogP contribution in [-0.2, 0) is 0 Å². The molecule has 1 fully saturated rings. The number of anilines is 1. The molecule has 130 valence electrons. The minimum absolute atomic E-state index is 0.162. The molecule has 0 bridgehead atoms. The molecule has 0 atom stereocenters. The maximum atomic E-state index is 12.1. The first-order valence-electron chi connectivity index (χ1n) is 8.53. The highest BCUT2D eigenvalue weighted by Gasteiger charge is 2.22. The molecule has 1 aromatic heterocycles. The zero-order valence-corrected chi connectivity index (χ0v) is 14.0. The lowest BCUT2D eigenvalue weighted by Crippen LogP contribution is -2.28. The number of hydrogen-bond acceptors (Lipinski definition) is 5. The highest BCUT2D eigenvalue weighted by atomic mass is 16.1. The number of H-pyrrole nitrogens is 1. The van der Waals surface area contributed by atoms with Gasteiger partial charge in [-0.3, -0.25) is 10.2 Å². The van der Waals surface area contributed by atoms with Crippen LogP contribution >= 0.6 is 0 Å². The van der Waals surface area contributed by atoms with Crippen LogP contribution in [0.15, 0.2) is 52.5 Å². The average Bonchev–Trinajstić information content (AvgIpc) is 2.65. The summed E-state index contributed by atoms with van der Waals surface area (Å²) in [6.07, 6.45) is 7.01. The predicted molar refractivity (Wildman–Crippen MR) is 102 cm³/mol. The number of aromatic nitrogens is 1. The molecule has 5 N–H and O–H groups in total. The Bertz CT molecular complexity index is 804. The Balaban J connectivity index is 1.65. The van der Waals surface area contributed by atoms with E-state index in [9.17, 15) is 4.79 Å². The van der Waals surface area contributed by atoms with E-state index < -0.39 is 0 Å². The average molecular weight is 337 g/mol. The van der Waals surface area contributed by atoms with Crippen molar-refractivity contribution in [1.29, 1.82) is 5.41 Å². The molecule has 1 aliphatic rings. The predicted octanol–water partition coefficient (Wildman–Crippen LogP) is 2.83. The molecule has 1 aromatic carbocycles. The molecule has 0 radical (unpaired) electrons. The third kappa shape index (κ3) is 4.15. The number of hydrogen-bond donors (Lipinski definition) is 4. The highest BCUT2D eigenvalue weighted by Crippen LogP contribution is 2.33. The number of nitrogens with two attached hydrogens (primary N) is 1. The Morgan fingerprint density at radius 2 is 1.96 bits per heavy atom. The van der Waals surface area contributed by atoms with Gasteiger partial charge in [-0.05, 0) is 43.2 Å². The molecule has 6 nitrogen and oxygen atoms in total. The van der Waals surface area contributed by atoms with E-state index in [1.165, 1.54) is 18.0 Å². The van der Waals surface area contributed by atoms with Crippen LogP contribution in [0.25, 0.3) is 0 Å². The zero-order valence-electron chi connectivity index (χ0n) is 14.0. The van der Waals surface area contributed by atoms with Crippen LogP contribution in [0.5, 0.6) is 0 Å². The van der Waals surface area contributed by atoms with Crippen molar-refractivity contribution < 1.29 is 0 Å². The molecular weight excluding hydrogens is 314 g/mol. The molecule has 0 spiro atoms. The lowest BCUT2D eigenvalue weighted by Gasteiger charge is -2.29. The molecule has 0 unspecified atom stereocenters. The van der Waals surface area contributed by atoms with E-state index in [0.717, 1.165) is 25.7 Å². The summed E-state index contributed by atoms with van der Waals surface area (Å²) in [5.41, 5.74) is 2.46. The summed E-state index contributed by atoms with van der Waals surface area (Å²) in [6.45, 7) is 0. The summed E-state index contributed by atoms with van der Waals surface area (Å²) >= 11 is 0. The van der Waals surface area contributed by atoms with Crippen molar-refractivity contribution in [2.75, 3.05) is 5.32 Å². The minimum Gasteiger partial charge on any atom is -0.378 e. The first-order valence-corrected chi connectivity index (χ1v) is 8.53. The molecule has 1 aliphatic carbocycles. The number of benzene rings is 1. The first kappa shape index (κ1) is 17.0. The maximum Gasteiger partial charge on any atom is 0.271 e. The van der Waals surface area contributed by atoms with Gasteiger partial charge in [0.25, 0.3) is 5.56 Å². The first-order chi connectivity index (χ1) is 12.2. The van der Waals surface area contributed by atoms with Gasteiger partial charge in [-0.15, -0.1) is 0 Å². The van der Waals surface area contributed by atoms with Gasteiger partial charge < -0.3 is 16.1 Å². The zero-order chi connectivity index (χ0) is 17.6. The van der Waals surface area contributed by atoms with E-state index in [2.05, 4.69) is 39.7 Å². The molecule has 25 heavy (non-hydrogen) atoms. The summed E-state index contributed by atoms with van der Waals surface area (Å²) in [4.78, 5) is 14.7. The van der Waals surface area contributed by atoms with Crippen molar-refractivity contribution in [2.24, 2.45) is 10.9 Å². The molecule has 1 saturated carbocycles. The van der Waals surface area contributed by atoms with Gasteiger partial charge in [0, 0.05) is 17.8 Å². The maximum absolute atomic E-state index is 12.1. The highest BCUT2D eigenvalue weighted by molar-refractivity contribution is 6.36. The van der Waals surface area contributed by atoms with Crippen LogP contribution in [0.2, 0.25) is 0 Å². The quantitative estimate of drug-likeness (QED) is 0.383. The third-order valence-corrected chi connectivity index (χ3v) is 4.78. The second kappa shape index (κ2) is 7.79. The molecule has 2 aromatic rings. The van der Waals surface area contributed by atoms with Crippen molar-refractivity contribution in [3.63, 3.8) is 0 Å². The number of nitrogens with one attached hydrogen (secondary N) is 3. The van der Waals surface area contributed by atoms with E-state index in [4.69, 9.17) is 11.3 Å². The van der Waals surface area contributed by atoms with Gasteiger partial charge in [0.05, 0.1) is 11.9 Å². The second-order valence-electron chi connectivity index (χ2n) is 6.43. The molecule has 6 heteroatoms. The number of pyridine rings is 1. The van der Waals surface area contributed by atoms with Gasteiger partial charge in [-0.1, -0.05) is 30.3 Å². The summed E-state index contributed by atoms with van der Waals surface area (Å²) in [6, 6.07) is 12.6. The van der Waals surface area contributed by atoms with Crippen LogP contribution < -0.4 is 16.7 Å². The Labute approximate surface area is 146 Å². The third-order valence-electron chi connectivity index (χ3n) is 4.78. The summed E-state index contributed by atoms with van der Waals surface area (Å²) in [7, 11) is 0. The Morgan fingerprint density at radius 3 is 2.64 bits per heavy atom. The fourth-order valence-corrected chi connectivity index (χ4v) is 3.41. The Morgan fingerprint density at radius 1 is 1.24 bits per heavy atom.